The summed E-state index contributed by atoms with van der Waals surface area (Å²) in [6.07, 6.45) is 4.28. The number of hydrogen-bond acceptors (Lipinski definition) is 2. The largest absolute Gasteiger partial charge is 0.316 e. The molecule has 0 bridgehead atoms. The number of ketones is 1. The molecule has 0 aromatic heterocycles. The van der Waals surface area contributed by atoms with Crippen LogP contribution in [0.25, 0.3) is 0 Å². The maximum Gasteiger partial charge on any atom is 0.140 e. The van der Waals surface area contributed by atoms with Gasteiger partial charge in [0.05, 0.1) is 0 Å². The summed E-state index contributed by atoms with van der Waals surface area (Å²) >= 11 is 0. The zero-order chi connectivity index (χ0) is 9.68. The summed E-state index contributed by atoms with van der Waals surface area (Å²) in [5, 5.41) is 3.25. The van der Waals surface area contributed by atoms with Crippen molar-refractivity contribution in [1.82, 2.24) is 5.32 Å². The Bertz CT molecular complexity index is 161. The van der Waals surface area contributed by atoms with Gasteiger partial charge in [-0.25, -0.2) is 0 Å². The molecule has 1 saturated heterocycles. The molecule has 2 unspecified atom stereocenters. The summed E-state index contributed by atoms with van der Waals surface area (Å²) in [7, 11) is 0. The van der Waals surface area contributed by atoms with Crippen LogP contribution < -0.4 is 5.32 Å². The second kappa shape index (κ2) is 5.38. The zero-order valence-electron chi connectivity index (χ0n) is 8.81. The van der Waals surface area contributed by atoms with Crippen LogP contribution in [0.15, 0.2) is 0 Å². The van der Waals surface area contributed by atoms with E-state index in [-0.39, 0.29) is 0 Å². The van der Waals surface area contributed by atoms with Gasteiger partial charge < -0.3 is 5.32 Å². The summed E-state index contributed by atoms with van der Waals surface area (Å²) in [6.45, 7) is 6.22. The van der Waals surface area contributed by atoms with Crippen LogP contribution >= 0.6 is 0 Å². The summed E-state index contributed by atoms with van der Waals surface area (Å²) in [5.41, 5.74) is 0. The second-order valence-corrected chi connectivity index (χ2v) is 3.99. The number of Topliss-reactive ketones (excluding diaryl/α,β-unsaturated/α-hetero) is 1. The molecule has 0 radical (unpaired) electrons. The fraction of sp³-hybridized carbons (Fsp3) is 0.909. The number of carbonyl (C=O) groups is 1. The summed E-state index contributed by atoms with van der Waals surface area (Å²) in [5.74, 6) is 1.15. The van der Waals surface area contributed by atoms with Gasteiger partial charge in [0.2, 0.25) is 0 Å². The van der Waals surface area contributed by atoms with Crippen LogP contribution in [0.2, 0.25) is 0 Å². The minimum Gasteiger partial charge on any atom is -0.316 e. The molecule has 0 spiro atoms. The third kappa shape index (κ3) is 2.80. The molecule has 0 aliphatic carbocycles. The Balaban J connectivity index is 2.42. The van der Waals surface area contributed by atoms with Crippen molar-refractivity contribution in [2.75, 3.05) is 13.1 Å². The van der Waals surface area contributed by atoms with Gasteiger partial charge in [0.25, 0.3) is 0 Å². The number of nitrogens with one attached hydrogen (secondary N) is 1. The van der Waals surface area contributed by atoms with Crippen molar-refractivity contribution < 1.29 is 4.79 Å². The van der Waals surface area contributed by atoms with Gasteiger partial charge in [-0.05, 0) is 25.8 Å². The van der Waals surface area contributed by atoms with E-state index >= 15 is 0 Å². The molecule has 76 valence electrons. The number of hydrogen-bond donors (Lipinski definition) is 1. The highest BCUT2D eigenvalue weighted by molar-refractivity contribution is 5.83. The Morgan fingerprint density at radius 1 is 1.54 bits per heavy atom. The van der Waals surface area contributed by atoms with Gasteiger partial charge >= 0.3 is 0 Å². The first-order valence-corrected chi connectivity index (χ1v) is 5.54. The molecule has 0 aromatic rings. The van der Waals surface area contributed by atoms with E-state index in [4.69, 9.17) is 0 Å². The van der Waals surface area contributed by atoms with Gasteiger partial charge in [-0.15, -0.1) is 0 Å². The van der Waals surface area contributed by atoms with E-state index in [0.717, 1.165) is 38.8 Å². The first kappa shape index (κ1) is 10.7. The van der Waals surface area contributed by atoms with Crippen LogP contribution in [0.1, 0.15) is 39.5 Å². The molecule has 2 atom stereocenters. The molecule has 13 heavy (non-hydrogen) atoms. The quantitative estimate of drug-likeness (QED) is 0.706. The Morgan fingerprint density at radius 2 is 2.31 bits per heavy atom. The van der Waals surface area contributed by atoms with Crippen LogP contribution in [-0.4, -0.2) is 18.9 Å². The monoisotopic (exact) mass is 183 g/mol. The minimum atomic E-state index is 0.316. The van der Waals surface area contributed by atoms with Crippen LogP contribution in [0.5, 0.6) is 0 Å². The lowest BCUT2D eigenvalue weighted by molar-refractivity contribution is -0.126. The molecule has 0 amide bonds. The number of carbonyl (C=O) groups excluding carboxylic acids is 1. The zero-order valence-corrected chi connectivity index (χ0v) is 8.81. The normalized spacial score (nSPS) is 24.6. The smallest absolute Gasteiger partial charge is 0.140 e. The standard InChI is InChI=1S/C11H21NO/c1-3-5-9(4-2)11(13)10-6-7-12-8-10/h9-10,12H,3-8H2,1-2H3. The molecule has 1 fully saturated rings. The Hall–Kier alpha value is -0.370. The lowest BCUT2D eigenvalue weighted by Crippen LogP contribution is -2.25. The van der Waals surface area contributed by atoms with E-state index in [1.54, 1.807) is 0 Å². The maximum absolute atomic E-state index is 11.9. The molecular weight excluding hydrogens is 162 g/mol. The highest BCUT2D eigenvalue weighted by atomic mass is 16.1. The van der Waals surface area contributed by atoms with E-state index in [1.807, 2.05) is 0 Å². The van der Waals surface area contributed by atoms with Gasteiger partial charge in [-0.2, -0.15) is 0 Å². The van der Waals surface area contributed by atoms with E-state index < -0.39 is 0 Å². The summed E-state index contributed by atoms with van der Waals surface area (Å²) < 4.78 is 0. The molecule has 0 aromatic carbocycles. The van der Waals surface area contributed by atoms with E-state index in [2.05, 4.69) is 19.2 Å². The Morgan fingerprint density at radius 3 is 2.77 bits per heavy atom. The topological polar surface area (TPSA) is 29.1 Å². The Kier molecular flexibility index (Phi) is 4.43. The molecule has 1 aliphatic heterocycles. The molecule has 1 aliphatic rings. The highest BCUT2D eigenvalue weighted by Gasteiger charge is 2.27. The van der Waals surface area contributed by atoms with Crippen molar-refractivity contribution in [3.05, 3.63) is 0 Å². The average Bonchev–Trinajstić information content (AvgIpc) is 2.65. The first-order valence-electron chi connectivity index (χ1n) is 5.54. The predicted octanol–water partition coefficient (Wildman–Crippen LogP) is 1.99. The molecule has 1 N–H and O–H groups in total. The summed E-state index contributed by atoms with van der Waals surface area (Å²) in [6, 6.07) is 0. The maximum atomic E-state index is 11.9. The molecule has 2 heteroatoms. The van der Waals surface area contributed by atoms with Crippen molar-refractivity contribution >= 4 is 5.78 Å². The van der Waals surface area contributed by atoms with Crippen LogP contribution in [-0.2, 0) is 4.79 Å². The number of rotatable bonds is 5. The predicted molar refractivity (Wildman–Crippen MR) is 54.7 cm³/mol. The van der Waals surface area contributed by atoms with Crippen molar-refractivity contribution in [2.24, 2.45) is 11.8 Å². The van der Waals surface area contributed by atoms with Gasteiger partial charge in [-0.3, -0.25) is 4.79 Å². The molecule has 0 saturated carbocycles. The Labute approximate surface area is 81.1 Å². The van der Waals surface area contributed by atoms with Crippen LogP contribution in [0.4, 0.5) is 0 Å². The summed E-state index contributed by atoms with van der Waals surface area (Å²) in [4.78, 5) is 11.9. The first-order chi connectivity index (χ1) is 6.29. The van der Waals surface area contributed by atoms with Gasteiger partial charge in [0, 0.05) is 18.4 Å². The molecule has 1 rings (SSSR count). The van der Waals surface area contributed by atoms with E-state index in [0.29, 0.717) is 17.6 Å². The van der Waals surface area contributed by atoms with Crippen molar-refractivity contribution in [3.8, 4) is 0 Å². The van der Waals surface area contributed by atoms with Crippen LogP contribution in [0.3, 0.4) is 0 Å². The minimum absolute atomic E-state index is 0.316. The van der Waals surface area contributed by atoms with Gasteiger partial charge in [-0.1, -0.05) is 20.3 Å². The molecular formula is C11H21NO. The van der Waals surface area contributed by atoms with E-state index in [9.17, 15) is 4.79 Å². The van der Waals surface area contributed by atoms with Gasteiger partial charge in [0.15, 0.2) is 0 Å². The third-order valence-electron chi connectivity index (χ3n) is 2.99. The van der Waals surface area contributed by atoms with Crippen molar-refractivity contribution in [2.45, 2.75) is 39.5 Å². The molecule has 1 heterocycles. The SMILES string of the molecule is CCCC(CC)C(=O)C1CCNC1. The highest BCUT2D eigenvalue weighted by Crippen LogP contribution is 2.20. The fourth-order valence-corrected chi connectivity index (χ4v) is 2.13. The van der Waals surface area contributed by atoms with Crippen molar-refractivity contribution in [3.63, 3.8) is 0 Å². The third-order valence-corrected chi connectivity index (χ3v) is 2.99. The van der Waals surface area contributed by atoms with Crippen molar-refractivity contribution in [1.29, 1.82) is 0 Å². The fourth-order valence-electron chi connectivity index (χ4n) is 2.13. The second-order valence-electron chi connectivity index (χ2n) is 3.99. The average molecular weight is 183 g/mol. The molecule has 2 nitrogen and oxygen atoms in total. The van der Waals surface area contributed by atoms with Gasteiger partial charge in [0.1, 0.15) is 5.78 Å². The van der Waals surface area contributed by atoms with Crippen LogP contribution in [0, 0.1) is 11.8 Å². The lowest BCUT2D eigenvalue weighted by atomic mass is 9.87. The lowest BCUT2D eigenvalue weighted by Gasteiger charge is -2.16. The van der Waals surface area contributed by atoms with E-state index in [1.165, 1.54) is 0 Å².